The molecule has 0 saturated carbocycles. The lowest BCUT2D eigenvalue weighted by Crippen LogP contribution is -2.42. The molecule has 1 aliphatic heterocycles. The molecule has 0 bridgehead atoms. The Morgan fingerprint density at radius 3 is 3.16 bits per heavy atom. The lowest BCUT2D eigenvalue weighted by Gasteiger charge is -2.29. The van der Waals surface area contributed by atoms with Gasteiger partial charge >= 0.3 is 6.03 Å². The molecule has 0 unspecified atom stereocenters. The minimum atomic E-state index is -0.604. The number of hydrogen-bond acceptors (Lipinski definition) is 3. The van der Waals surface area contributed by atoms with Crippen molar-refractivity contribution in [2.24, 2.45) is 0 Å². The molecule has 3 atom stereocenters. The number of carbonyl (C=O) groups is 1. The molecule has 6 nitrogen and oxygen atoms in total. The first kappa shape index (κ1) is 16.1. The fourth-order valence-corrected chi connectivity index (χ4v) is 3.91. The largest absolute Gasteiger partial charge is 0.391 e. The van der Waals surface area contributed by atoms with Gasteiger partial charge in [0.2, 0.25) is 0 Å². The Bertz CT molecular complexity index is 778. The van der Waals surface area contributed by atoms with E-state index >= 15 is 0 Å². The first-order valence-corrected chi connectivity index (χ1v) is 8.64. The number of β-amino-alcohol motifs (C(OH)–C–C–N with tert-alkyl or cyclic N) is 1. The molecule has 4 rings (SSSR count). The molecule has 1 fully saturated rings. The Kier molecular flexibility index (Phi) is 4.17. The van der Waals surface area contributed by atoms with Crippen molar-refractivity contribution in [2.45, 2.75) is 43.9 Å². The number of urea groups is 1. The average Bonchev–Trinajstić information content (AvgIpc) is 3.22. The normalized spacial score (nSPS) is 25.7. The summed E-state index contributed by atoms with van der Waals surface area (Å²) in [6.45, 7) is 0.246. The quantitative estimate of drug-likeness (QED) is 0.783. The highest BCUT2D eigenvalue weighted by Gasteiger charge is 2.37. The highest BCUT2D eigenvalue weighted by atomic mass is 19.1. The second-order valence-electron chi connectivity index (χ2n) is 6.82. The second kappa shape index (κ2) is 6.48. The molecule has 1 aromatic carbocycles. The Morgan fingerprint density at radius 2 is 2.32 bits per heavy atom. The zero-order valence-electron chi connectivity index (χ0n) is 13.8. The highest BCUT2D eigenvalue weighted by Crippen LogP contribution is 2.34. The lowest BCUT2D eigenvalue weighted by molar-refractivity contribution is 0.166. The van der Waals surface area contributed by atoms with Crippen molar-refractivity contribution < 1.29 is 14.3 Å². The number of amides is 2. The van der Waals surface area contributed by atoms with Gasteiger partial charge in [-0.1, -0.05) is 12.1 Å². The van der Waals surface area contributed by atoms with Crippen molar-refractivity contribution in [3.05, 3.63) is 53.1 Å². The van der Waals surface area contributed by atoms with Crippen molar-refractivity contribution in [1.82, 2.24) is 20.4 Å². The van der Waals surface area contributed by atoms with Crippen molar-refractivity contribution >= 4 is 6.03 Å². The second-order valence-corrected chi connectivity index (χ2v) is 6.82. The van der Waals surface area contributed by atoms with Crippen LogP contribution in [0, 0.1) is 5.82 Å². The molecule has 0 radical (unpaired) electrons. The standard InChI is InChI=1S/C18H21FN4O2/c19-13-5-1-3-11(7-13)16-8-14(24)10-23(16)18(25)21-15-6-2-4-12-9-20-22-17(12)15/h1,3,5,7,9,14-16,24H,2,4,6,8,10H2,(H,20,22)(H,21,25)/t14-,15+,16+/m0/s1. The number of aromatic amines is 1. The van der Waals surface area contributed by atoms with Crippen LogP contribution in [0.3, 0.4) is 0 Å². The maximum Gasteiger partial charge on any atom is 0.318 e. The molecule has 2 aliphatic rings. The monoisotopic (exact) mass is 344 g/mol. The summed E-state index contributed by atoms with van der Waals surface area (Å²) in [5, 5.41) is 20.1. The Balaban J connectivity index is 1.53. The first-order chi connectivity index (χ1) is 12.1. The van der Waals surface area contributed by atoms with E-state index < -0.39 is 6.10 Å². The van der Waals surface area contributed by atoms with Crippen LogP contribution in [-0.4, -0.2) is 38.9 Å². The predicted molar refractivity (Wildman–Crippen MR) is 89.3 cm³/mol. The maximum atomic E-state index is 13.6. The molecule has 1 saturated heterocycles. The fourth-order valence-electron chi connectivity index (χ4n) is 3.91. The summed E-state index contributed by atoms with van der Waals surface area (Å²) >= 11 is 0. The third kappa shape index (κ3) is 3.11. The minimum Gasteiger partial charge on any atom is -0.391 e. The molecular weight excluding hydrogens is 323 g/mol. The number of aliphatic hydroxyl groups is 1. The van der Waals surface area contributed by atoms with E-state index in [2.05, 4.69) is 15.5 Å². The number of benzene rings is 1. The average molecular weight is 344 g/mol. The van der Waals surface area contributed by atoms with Gasteiger partial charge in [0.05, 0.1) is 30.1 Å². The van der Waals surface area contributed by atoms with Crippen LogP contribution in [-0.2, 0) is 6.42 Å². The Hall–Kier alpha value is -2.41. The summed E-state index contributed by atoms with van der Waals surface area (Å²) in [5.74, 6) is -0.339. The summed E-state index contributed by atoms with van der Waals surface area (Å²) in [5.41, 5.74) is 2.80. The molecular formula is C18H21FN4O2. The van der Waals surface area contributed by atoms with Crippen LogP contribution in [0.4, 0.5) is 9.18 Å². The van der Waals surface area contributed by atoms with Gasteiger partial charge in [0.15, 0.2) is 0 Å². The number of aryl methyl sites for hydroxylation is 1. The van der Waals surface area contributed by atoms with Crippen molar-refractivity contribution in [3.63, 3.8) is 0 Å². The number of aromatic nitrogens is 2. The number of fused-ring (bicyclic) bond motifs is 1. The van der Waals surface area contributed by atoms with Crippen LogP contribution >= 0.6 is 0 Å². The number of carbonyl (C=O) groups excluding carboxylic acids is 1. The van der Waals surface area contributed by atoms with E-state index in [0.717, 1.165) is 30.5 Å². The number of aliphatic hydroxyl groups excluding tert-OH is 1. The zero-order chi connectivity index (χ0) is 17.4. The van der Waals surface area contributed by atoms with Gasteiger partial charge in [-0.25, -0.2) is 9.18 Å². The number of rotatable bonds is 2. The number of H-pyrrole nitrogens is 1. The Labute approximate surface area is 145 Å². The fraction of sp³-hybridized carbons (Fsp3) is 0.444. The molecule has 1 aliphatic carbocycles. The molecule has 1 aromatic heterocycles. The van der Waals surface area contributed by atoms with Crippen molar-refractivity contribution in [1.29, 1.82) is 0 Å². The van der Waals surface area contributed by atoms with Crippen molar-refractivity contribution in [3.8, 4) is 0 Å². The summed E-state index contributed by atoms with van der Waals surface area (Å²) in [6.07, 6.45) is 4.43. The summed E-state index contributed by atoms with van der Waals surface area (Å²) < 4.78 is 13.6. The minimum absolute atomic E-state index is 0.107. The summed E-state index contributed by atoms with van der Waals surface area (Å²) in [4.78, 5) is 14.4. The van der Waals surface area contributed by atoms with E-state index in [1.54, 1.807) is 17.0 Å². The van der Waals surface area contributed by atoms with Gasteiger partial charge in [0.25, 0.3) is 0 Å². The van der Waals surface area contributed by atoms with Gasteiger partial charge in [0, 0.05) is 6.54 Å². The number of nitrogens with zero attached hydrogens (tertiary/aromatic N) is 2. The third-order valence-corrected chi connectivity index (χ3v) is 5.11. The molecule has 25 heavy (non-hydrogen) atoms. The molecule has 2 amide bonds. The predicted octanol–water partition coefficient (Wildman–Crippen LogP) is 2.44. The number of nitrogens with one attached hydrogen (secondary N) is 2. The number of likely N-dealkylation sites (tertiary alicyclic amines) is 1. The van der Waals surface area contributed by atoms with Gasteiger partial charge in [-0.15, -0.1) is 0 Å². The van der Waals surface area contributed by atoms with E-state index in [0.29, 0.717) is 12.0 Å². The molecule has 0 spiro atoms. The van der Waals surface area contributed by atoms with E-state index in [1.807, 2.05) is 6.20 Å². The SMILES string of the molecule is O=C(N[C@@H]1CCCc2cn[nH]c21)N1C[C@@H](O)C[C@@H]1c1cccc(F)c1. The molecule has 132 valence electrons. The van der Waals surface area contributed by atoms with Gasteiger partial charge in [-0.05, 0) is 48.9 Å². The topological polar surface area (TPSA) is 81.2 Å². The maximum absolute atomic E-state index is 13.6. The van der Waals surface area contributed by atoms with E-state index in [-0.39, 0.29) is 30.5 Å². The van der Waals surface area contributed by atoms with Crippen LogP contribution in [0.1, 0.15) is 48.2 Å². The van der Waals surface area contributed by atoms with Crippen LogP contribution in [0.2, 0.25) is 0 Å². The van der Waals surface area contributed by atoms with E-state index in [9.17, 15) is 14.3 Å². The first-order valence-electron chi connectivity index (χ1n) is 8.64. The van der Waals surface area contributed by atoms with Crippen LogP contribution in [0.15, 0.2) is 30.5 Å². The summed E-state index contributed by atoms with van der Waals surface area (Å²) in [6, 6.07) is 5.55. The molecule has 7 heteroatoms. The molecule has 3 N–H and O–H groups in total. The van der Waals surface area contributed by atoms with Crippen molar-refractivity contribution in [2.75, 3.05) is 6.54 Å². The van der Waals surface area contributed by atoms with E-state index in [4.69, 9.17) is 0 Å². The Morgan fingerprint density at radius 1 is 1.44 bits per heavy atom. The van der Waals surface area contributed by atoms with Gasteiger partial charge in [0.1, 0.15) is 5.82 Å². The third-order valence-electron chi connectivity index (χ3n) is 5.11. The van der Waals surface area contributed by atoms with Crippen LogP contribution in [0.25, 0.3) is 0 Å². The molecule has 2 heterocycles. The van der Waals surface area contributed by atoms with Crippen LogP contribution in [0.5, 0.6) is 0 Å². The number of halogens is 1. The highest BCUT2D eigenvalue weighted by molar-refractivity contribution is 5.76. The smallest absolute Gasteiger partial charge is 0.318 e. The number of hydrogen-bond donors (Lipinski definition) is 3. The van der Waals surface area contributed by atoms with Gasteiger partial charge in [-0.2, -0.15) is 5.10 Å². The van der Waals surface area contributed by atoms with Gasteiger partial charge < -0.3 is 15.3 Å². The zero-order valence-corrected chi connectivity index (χ0v) is 13.8. The van der Waals surface area contributed by atoms with Crippen LogP contribution < -0.4 is 5.32 Å². The molecule has 2 aromatic rings. The lowest BCUT2D eigenvalue weighted by atomic mass is 9.94. The summed E-state index contributed by atoms with van der Waals surface area (Å²) in [7, 11) is 0. The van der Waals surface area contributed by atoms with Gasteiger partial charge in [-0.3, -0.25) is 5.10 Å². The van der Waals surface area contributed by atoms with E-state index in [1.165, 1.54) is 12.1 Å².